The number of hydrogen-bond donors (Lipinski definition) is 2. The molecule has 0 saturated carbocycles. The van der Waals surface area contributed by atoms with Gasteiger partial charge in [-0.25, -0.2) is 0 Å². The van der Waals surface area contributed by atoms with Gasteiger partial charge >= 0.3 is 11.8 Å². The molecule has 1 aliphatic heterocycles. The monoisotopic (exact) mass is 344 g/mol. The zero-order chi connectivity index (χ0) is 18.0. The second-order valence-electron chi connectivity index (χ2n) is 6.88. The third-order valence-electron chi connectivity index (χ3n) is 3.50. The van der Waals surface area contributed by atoms with Crippen LogP contribution in [0, 0.1) is 0 Å². The van der Waals surface area contributed by atoms with Gasteiger partial charge in [-0.15, -0.1) is 0 Å². The fourth-order valence-corrected chi connectivity index (χ4v) is 2.39. The van der Waals surface area contributed by atoms with Crippen LogP contribution in [0.1, 0.15) is 49.3 Å². The maximum absolute atomic E-state index is 12.0. The smallest absolute Gasteiger partial charge is 0.316 e. The molecule has 0 fully saturated rings. The fourth-order valence-electron chi connectivity index (χ4n) is 2.39. The summed E-state index contributed by atoms with van der Waals surface area (Å²) in [6.07, 6.45) is 1.22. The number of hydrogen-bond acceptors (Lipinski definition) is 6. The van der Waals surface area contributed by atoms with Crippen molar-refractivity contribution in [1.82, 2.24) is 15.5 Å². The summed E-state index contributed by atoms with van der Waals surface area (Å²) in [5.74, 6) is 0.304. The Hall–Kier alpha value is -2.90. The van der Waals surface area contributed by atoms with E-state index in [9.17, 15) is 9.59 Å². The molecule has 0 bridgehead atoms. The molecule has 25 heavy (non-hydrogen) atoms. The van der Waals surface area contributed by atoms with Crippen molar-refractivity contribution >= 4 is 17.5 Å². The molecule has 1 aromatic carbocycles. The zero-order valence-corrected chi connectivity index (χ0v) is 14.4. The fraction of sp³-hybridized carbons (Fsp3) is 0.412. The summed E-state index contributed by atoms with van der Waals surface area (Å²) in [7, 11) is 0. The van der Waals surface area contributed by atoms with Crippen LogP contribution < -0.4 is 15.4 Å². The molecule has 3 rings (SSSR count). The van der Waals surface area contributed by atoms with E-state index in [0.717, 1.165) is 17.7 Å². The molecule has 132 valence electrons. The highest BCUT2D eigenvalue weighted by Crippen LogP contribution is 2.27. The van der Waals surface area contributed by atoms with E-state index in [1.807, 2.05) is 32.9 Å². The number of carbonyl (C=O) groups excluding carboxylic acids is 2. The van der Waals surface area contributed by atoms with Crippen molar-refractivity contribution < 1.29 is 18.8 Å². The summed E-state index contributed by atoms with van der Waals surface area (Å²) in [6, 6.07) is 5.51. The number of nitrogens with one attached hydrogen (secondary N) is 2. The minimum absolute atomic E-state index is 0.00248. The van der Waals surface area contributed by atoms with Gasteiger partial charge in [0.1, 0.15) is 5.75 Å². The van der Waals surface area contributed by atoms with Gasteiger partial charge < -0.3 is 19.9 Å². The first-order chi connectivity index (χ1) is 11.8. The maximum atomic E-state index is 12.0. The molecule has 2 heterocycles. The molecule has 2 amide bonds. The topological polar surface area (TPSA) is 106 Å². The van der Waals surface area contributed by atoms with Crippen LogP contribution in [0.3, 0.4) is 0 Å². The molecule has 0 saturated heterocycles. The number of ether oxygens (including phenoxy) is 1. The third kappa shape index (κ3) is 4.34. The SMILES string of the molecule is CC(C)(C)NC(=O)c1nc(COc2ccc3c(c2)NC(=O)CC3)no1. The first kappa shape index (κ1) is 16.9. The molecule has 0 radical (unpaired) electrons. The van der Waals surface area contributed by atoms with Crippen LogP contribution in [0.5, 0.6) is 5.75 Å². The molecule has 8 heteroatoms. The van der Waals surface area contributed by atoms with Gasteiger partial charge in [0.2, 0.25) is 11.7 Å². The van der Waals surface area contributed by atoms with Gasteiger partial charge in [0.15, 0.2) is 6.61 Å². The third-order valence-corrected chi connectivity index (χ3v) is 3.50. The minimum Gasteiger partial charge on any atom is -0.485 e. The summed E-state index contributed by atoms with van der Waals surface area (Å²) in [4.78, 5) is 27.4. The molecule has 0 aliphatic carbocycles. The average Bonchev–Trinajstić information content (AvgIpc) is 3.00. The van der Waals surface area contributed by atoms with E-state index in [4.69, 9.17) is 9.26 Å². The van der Waals surface area contributed by atoms with E-state index < -0.39 is 11.4 Å². The number of amides is 2. The number of carbonyl (C=O) groups is 2. The molecule has 2 aromatic rings. The first-order valence-electron chi connectivity index (χ1n) is 8.01. The largest absolute Gasteiger partial charge is 0.485 e. The van der Waals surface area contributed by atoms with Crippen LogP contribution in [-0.2, 0) is 17.8 Å². The molecule has 2 N–H and O–H groups in total. The molecule has 1 aromatic heterocycles. The molecule has 0 atom stereocenters. The Balaban J connectivity index is 1.62. The van der Waals surface area contributed by atoms with Gasteiger partial charge in [0.05, 0.1) is 0 Å². The van der Waals surface area contributed by atoms with Crippen LogP contribution in [0.15, 0.2) is 22.7 Å². The number of anilines is 1. The lowest BCUT2D eigenvalue weighted by atomic mass is 10.0. The Morgan fingerprint density at radius 3 is 2.92 bits per heavy atom. The Morgan fingerprint density at radius 1 is 1.36 bits per heavy atom. The summed E-state index contributed by atoms with van der Waals surface area (Å²) in [5.41, 5.74) is 1.44. The number of nitrogens with zero attached hydrogens (tertiary/aromatic N) is 2. The zero-order valence-electron chi connectivity index (χ0n) is 14.4. The highest BCUT2D eigenvalue weighted by Gasteiger charge is 2.21. The van der Waals surface area contributed by atoms with Crippen LogP contribution in [-0.4, -0.2) is 27.5 Å². The first-order valence-corrected chi connectivity index (χ1v) is 8.01. The summed E-state index contributed by atoms with van der Waals surface area (Å²) < 4.78 is 10.6. The molecule has 0 unspecified atom stereocenters. The summed E-state index contributed by atoms with van der Waals surface area (Å²) in [6.45, 7) is 5.64. The normalized spacial score (nSPS) is 13.8. The van der Waals surface area contributed by atoms with Crippen molar-refractivity contribution in [1.29, 1.82) is 0 Å². The Bertz CT molecular complexity index is 807. The Morgan fingerprint density at radius 2 is 2.16 bits per heavy atom. The second-order valence-corrected chi connectivity index (χ2v) is 6.88. The predicted molar refractivity (Wildman–Crippen MR) is 89.2 cm³/mol. The summed E-state index contributed by atoms with van der Waals surface area (Å²) in [5, 5.41) is 9.30. The minimum atomic E-state index is -0.428. The lowest BCUT2D eigenvalue weighted by Gasteiger charge is -2.18. The van der Waals surface area contributed by atoms with E-state index >= 15 is 0 Å². The van der Waals surface area contributed by atoms with Crippen molar-refractivity contribution in [2.24, 2.45) is 0 Å². The highest BCUT2D eigenvalue weighted by molar-refractivity contribution is 5.94. The maximum Gasteiger partial charge on any atom is 0.316 e. The molecule has 0 spiro atoms. The van der Waals surface area contributed by atoms with Crippen LogP contribution in [0.4, 0.5) is 5.69 Å². The van der Waals surface area contributed by atoms with Gasteiger partial charge in [-0.05, 0) is 38.8 Å². The van der Waals surface area contributed by atoms with Gasteiger partial charge in [-0.2, -0.15) is 4.98 Å². The van der Waals surface area contributed by atoms with Crippen molar-refractivity contribution in [2.45, 2.75) is 45.8 Å². The number of aromatic nitrogens is 2. The van der Waals surface area contributed by atoms with Gasteiger partial charge in [-0.3, -0.25) is 9.59 Å². The van der Waals surface area contributed by atoms with Gasteiger partial charge in [0, 0.05) is 23.7 Å². The average molecular weight is 344 g/mol. The van der Waals surface area contributed by atoms with E-state index in [1.54, 1.807) is 6.07 Å². The molecular formula is C17H20N4O4. The van der Waals surface area contributed by atoms with Crippen molar-refractivity contribution in [3.8, 4) is 5.75 Å². The highest BCUT2D eigenvalue weighted by atomic mass is 16.5. The van der Waals surface area contributed by atoms with E-state index in [0.29, 0.717) is 12.2 Å². The lowest BCUT2D eigenvalue weighted by Crippen LogP contribution is -2.40. The van der Waals surface area contributed by atoms with Crippen LogP contribution >= 0.6 is 0 Å². The van der Waals surface area contributed by atoms with E-state index in [1.165, 1.54) is 0 Å². The van der Waals surface area contributed by atoms with Gasteiger partial charge in [-0.1, -0.05) is 11.2 Å². The summed E-state index contributed by atoms with van der Waals surface area (Å²) >= 11 is 0. The number of benzene rings is 1. The number of rotatable bonds is 4. The second kappa shape index (κ2) is 6.54. The standard InChI is InChI=1S/C17H20N4O4/c1-17(2,3)20-15(23)16-19-13(21-25-16)9-24-11-6-4-10-5-7-14(22)18-12(10)8-11/h4,6,8H,5,7,9H2,1-3H3,(H,18,22)(H,20,23). The van der Waals surface area contributed by atoms with Gasteiger partial charge in [0.25, 0.3) is 0 Å². The lowest BCUT2D eigenvalue weighted by molar-refractivity contribution is -0.116. The molecule has 1 aliphatic rings. The number of aryl methyl sites for hydroxylation is 1. The molecular weight excluding hydrogens is 324 g/mol. The van der Waals surface area contributed by atoms with E-state index in [2.05, 4.69) is 20.8 Å². The van der Waals surface area contributed by atoms with E-state index in [-0.39, 0.29) is 24.2 Å². The van der Waals surface area contributed by atoms with Crippen molar-refractivity contribution in [2.75, 3.05) is 5.32 Å². The predicted octanol–water partition coefficient (Wildman–Crippen LogP) is 2.06. The number of fused-ring (bicyclic) bond motifs is 1. The van der Waals surface area contributed by atoms with Crippen LogP contribution in [0.25, 0.3) is 0 Å². The Kier molecular flexibility index (Phi) is 4.43. The molecule has 8 nitrogen and oxygen atoms in total. The quantitative estimate of drug-likeness (QED) is 0.879. The van der Waals surface area contributed by atoms with Crippen molar-refractivity contribution in [3.63, 3.8) is 0 Å². The van der Waals surface area contributed by atoms with Crippen molar-refractivity contribution in [3.05, 3.63) is 35.5 Å². The van der Waals surface area contributed by atoms with Crippen LogP contribution in [0.2, 0.25) is 0 Å². The Labute approximate surface area is 144 Å².